The molecule has 1 aliphatic rings. The Hall–Kier alpha value is -0.380. The lowest BCUT2D eigenvalue weighted by Gasteiger charge is -2.37. The Kier molecular flexibility index (Phi) is 4.82. The zero-order valence-electron chi connectivity index (χ0n) is 12.1. The molecule has 2 heterocycles. The van der Waals surface area contributed by atoms with Gasteiger partial charge in [-0.3, -0.25) is 4.90 Å². The second-order valence-electron chi connectivity index (χ2n) is 5.96. The molecule has 0 bridgehead atoms. The van der Waals surface area contributed by atoms with E-state index in [1.165, 1.54) is 13.0 Å². The number of nitrogens with one attached hydrogen (secondary N) is 1. The van der Waals surface area contributed by atoms with Gasteiger partial charge in [-0.05, 0) is 29.3 Å². The van der Waals surface area contributed by atoms with E-state index in [4.69, 9.17) is 0 Å². The fraction of sp³-hybridized carbons (Fsp3) is 0.733. The smallest absolute Gasteiger partial charge is 0.0248 e. The number of rotatable bonds is 5. The summed E-state index contributed by atoms with van der Waals surface area (Å²) >= 11 is 1.92. The number of thiophene rings is 1. The highest BCUT2D eigenvalue weighted by molar-refractivity contribution is 7.10. The van der Waals surface area contributed by atoms with Gasteiger partial charge in [0.1, 0.15) is 0 Å². The molecule has 3 heteroatoms. The van der Waals surface area contributed by atoms with Crippen LogP contribution in [0.2, 0.25) is 0 Å². The van der Waals surface area contributed by atoms with Gasteiger partial charge in [0.15, 0.2) is 0 Å². The molecule has 0 aromatic carbocycles. The average molecular weight is 266 g/mol. The normalized spacial score (nSPS) is 18.3. The van der Waals surface area contributed by atoms with E-state index in [0.717, 1.165) is 13.1 Å². The van der Waals surface area contributed by atoms with Crippen LogP contribution in [-0.4, -0.2) is 30.1 Å². The van der Waals surface area contributed by atoms with Gasteiger partial charge >= 0.3 is 0 Å². The van der Waals surface area contributed by atoms with Crippen molar-refractivity contribution in [2.24, 2.45) is 5.92 Å². The zero-order valence-corrected chi connectivity index (χ0v) is 12.9. The molecule has 0 saturated heterocycles. The molecule has 1 unspecified atom stereocenters. The lowest BCUT2D eigenvalue weighted by molar-refractivity contribution is 0.135. The van der Waals surface area contributed by atoms with Gasteiger partial charge in [-0.25, -0.2) is 0 Å². The first-order valence-corrected chi connectivity index (χ1v) is 7.98. The summed E-state index contributed by atoms with van der Waals surface area (Å²) in [5.74, 6) is 0.705. The molecule has 1 N–H and O–H groups in total. The summed E-state index contributed by atoms with van der Waals surface area (Å²) in [4.78, 5) is 4.26. The third-order valence-corrected chi connectivity index (χ3v) is 4.83. The number of hydrogen-bond donors (Lipinski definition) is 1. The van der Waals surface area contributed by atoms with E-state index in [9.17, 15) is 0 Å². The molecular weight excluding hydrogens is 240 g/mol. The van der Waals surface area contributed by atoms with Gasteiger partial charge < -0.3 is 5.32 Å². The summed E-state index contributed by atoms with van der Waals surface area (Å²) in [5.41, 5.74) is 1.56. The maximum Gasteiger partial charge on any atom is 0.0248 e. The predicted octanol–water partition coefficient (Wildman–Crippen LogP) is 3.13. The van der Waals surface area contributed by atoms with Crippen molar-refractivity contribution in [2.75, 3.05) is 13.1 Å². The standard InChI is InChI=1S/C15H26N2S/c1-11(2)14(9-16-12(3)4)17-7-5-15-13(10-17)6-8-18-15/h6,8,11-12,14,16H,5,7,9-10H2,1-4H3. The highest BCUT2D eigenvalue weighted by atomic mass is 32.1. The van der Waals surface area contributed by atoms with Gasteiger partial charge in [0.05, 0.1) is 0 Å². The van der Waals surface area contributed by atoms with Crippen LogP contribution in [0.3, 0.4) is 0 Å². The fourth-order valence-corrected chi connectivity index (χ4v) is 3.59. The topological polar surface area (TPSA) is 15.3 Å². The molecular formula is C15H26N2S. The lowest BCUT2D eigenvalue weighted by Crippen LogP contribution is -2.48. The van der Waals surface area contributed by atoms with Crippen LogP contribution >= 0.6 is 11.3 Å². The Morgan fingerprint density at radius 3 is 2.78 bits per heavy atom. The van der Waals surface area contributed by atoms with Gasteiger partial charge in [-0.15, -0.1) is 11.3 Å². The van der Waals surface area contributed by atoms with Crippen LogP contribution in [-0.2, 0) is 13.0 Å². The van der Waals surface area contributed by atoms with Crippen molar-refractivity contribution in [3.63, 3.8) is 0 Å². The van der Waals surface area contributed by atoms with Crippen LogP contribution in [0.15, 0.2) is 11.4 Å². The lowest BCUT2D eigenvalue weighted by atomic mass is 9.98. The summed E-state index contributed by atoms with van der Waals surface area (Å²) < 4.78 is 0. The van der Waals surface area contributed by atoms with E-state index < -0.39 is 0 Å². The fourth-order valence-electron chi connectivity index (χ4n) is 2.70. The Bertz CT molecular complexity index is 370. The molecule has 102 valence electrons. The van der Waals surface area contributed by atoms with E-state index >= 15 is 0 Å². The van der Waals surface area contributed by atoms with E-state index in [2.05, 4.69) is 49.4 Å². The minimum Gasteiger partial charge on any atom is -0.313 e. The van der Waals surface area contributed by atoms with Crippen LogP contribution < -0.4 is 5.32 Å². The summed E-state index contributed by atoms with van der Waals surface area (Å²) in [7, 11) is 0. The Labute approximate surface area is 115 Å². The Morgan fingerprint density at radius 1 is 1.33 bits per heavy atom. The van der Waals surface area contributed by atoms with Crippen molar-refractivity contribution in [3.8, 4) is 0 Å². The molecule has 1 aliphatic heterocycles. The minimum absolute atomic E-state index is 0.577. The minimum atomic E-state index is 0.577. The van der Waals surface area contributed by atoms with Crippen LogP contribution in [0, 0.1) is 5.92 Å². The molecule has 2 rings (SSSR count). The quantitative estimate of drug-likeness (QED) is 0.881. The first kappa shape index (κ1) is 14.0. The molecule has 0 saturated carbocycles. The second kappa shape index (κ2) is 6.18. The molecule has 0 aliphatic carbocycles. The zero-order chi connectivity index (χ0) is 13.1. The Morgan fingerprint density at radius 2 is 2.11 bits per heavy atom. The molecule has 18 heavy (non-hydrogen) atoms. The molecule has 1 aromatic rings. The van der Waals surface area contributed by atoms with Crippen molar-refractivity contribution in [2.45, 2.75) is 52.7 Å². The maximum absolute atomic E-state index is 3.60. The molecule has 2 nitrogen and oxygen atoms in total. The van der Waals surface area contributed by atoms with Gasteiger partial charge in [-0.2, -0.15) is 0 Å². The number of hydrogen-bond acceptors (Lipinski definition) is 3. The van der Waals surface area contributed by atoms with Crippen LogP contribution in [0.25, 0.3) is 0 Å². The first-order chi connectivity index (χ1) is 8.58. The van der Waals surface area contributed by atoms with Crippen LogP contribution in [0.5, 0.6) is 0 Å². The molecule has 0 radical (unpaired) electrons. The predicted molar refractivity (Wildman–Crippen MR) is 80.2 cm³/mol. The van der Waals surface area contributed by atoms with Crippen molar-refractivity contribution in [1.29, 1.82) is 0 Å². The van der Waals surface area contributed by atoms with Gasteiger partial charge in [0.2, 0.25) is 0 Å². The number of nitrogens with zero attached hydrogens (tertiary/aromatic N) is 1. The molecule has 1 atom stereocenters. The summed E-state index contributed by atoms with van der Waals surface area (Å²) in [6.07, 6.45) is 1.23. The van der Waals surface area contributed by atoms with Crippen LogP contribution in [0.1, 0.15) is 38.1 Å². The summed E-state index contributed by atoms with van der Waals surface area (Å²) in [6.45, 7) is 12.6. The van der Waals surface area contributed by atoms with Crippen molar-refractivity contribution in [1.82, 2.24) is 10.2 Å². The van der Waals surface area contributed by atoms with Gasteiger partial charge in [0, 0.05) is 36.6 Å². The summed E-state index contributed by atoms with van der Waals surface area (Å²) in [5, 5.41) is 5.84. The highest BCUT2D eigenvalue weighted by Gasteiger charge is 2.26. The third-order valence-electron chi connectivity index (χ3n) is 3.81. The van der Waals surface area contributed by atoms with Gasteiger partial charge in [-0.1, -0.05) is 27.7 Å². The molecule has 1 aromatic heterocycles. The Balaban J connectivity index is 1.99. The molecule has 0 amide bonds. The third kappa shape index (κ3) is 3.34. The van der Waals surface area contributed by atoms with Crippen LogP contribution in [0.4, 0.5) is 0 Å². The van der Waals surface area contributed by atoms with E-state index in [1.807, 2.05) is 11.3 Å². The highest BCUT2D eigenvalue weighted by Crippen LogP contribution is 2.26. The first-order valence-electron chi connectivity index (χ1n) is 7.10. The summed E-state index contributed by atoms with van der Waals surface area (Å²) in [6, 6.07) is 3.53. The molecule has 0 fully saturated rings. The second-order valence-corrected chi connectivity index (χ2v) is 6.96. The monoisotopic (exact) mass is 266 g/mol. The van der Waals surface area contributed by atoms with E-state index in [1.54, 1.807) is 10.4 Å². The SMILES string of the molecule is CC(C)NCC(C(C)C)N1CCc2sccc2C1. The van der Waals surface area contributed by atoms with Crippen molar-refractivity contribution < 1.29 is 0 Å². The average Bonchev–Trinajstić information content (AvgIpc) is 2.75. The van der Waals surface area contributed by atoms with Crippen molar-refractivity contribution in [3.05, 3.63) is 21.9 Å². The van der Waals surface area contributed by atoms with E-state index in [-0.39, 0.29) is 0 Å². The number of fused-ring (bicyclic) bond motifs is 1. The largest absolute Gasteiger partial charge is 0.313 e. The maximum atomic E-state index is 3.60. The molecule has 0 spiro atoms. The van der Waals surface area contributed by atoms with Gasteiger partial charge in [0.25, 0.3) is 0 Å². The van der Waals surface area contributed by atoms with E-state index in [0.29, 0.717) is 18.0 Å². The van der Waals surface area contributed by atoms with Crippen molar-refractivity contribution >= 4 is 11.3 Å².